The topological polar surface area (TPSA) is 108 Å². The van der Waals surface area contributed by atoms with Crippen LogP contribution in [0.1, 0.15) is 25.7 Å². The van der Waals surface area contributed by atoms with Crippen molar-refractivity contribution in [3.63, 3.8) is 0 Å². The molecule has 0 aromatic heterocycles. The lowest BCUT2D eigenvalue weighted by atomic mass is 9.96. The van der Waals surface area contributed by atoms with Crippen LogP contribution in [0.4, 0.5) is 0 Å². The Bertz CT molecular complexity index is 883. The molecule has 0 aliphatic carbocycles. The number of β-amino-alcohol motifs (C(OH)–C–C–N with tert-alkyl or cyclic N) is 1. The number of aliphatic hydroxyl groups is 1. The van der Waals surface area contributed by atoms with Crippen LogP contribution < -0.4 is 5.32 Å². The molecule has 0 saturated carbocycles. The molecule has 2 N–H and O–H groups in total. The maximum absolute atomic E-state index is 13.4. The lowest BCUT2D eigenvalue weighted by Crippen LogP contribution is -2.57. The van der Waals surface area contributed by atoms with Crippen molar-refractivity contribution in [1.29, 1.82) is 0 Å². The van der Waals surface area contributed by atoms with Gasteiger partial charge in [-0.1, -0.05) is 11.6 Å². The number of nitrogens with one attached hydrogen (secondary N) is 1. The highest BCUT2D eigenvalue weighted by Crippen LogP contribution is 2.31. The maximum atomic E-state index is 13.4. The number of nitrogens with zero attached hydrogens (tertiary/aromatic N) is 2. The Hall–Kier alpha value is -1.27. The Morgan fingerprint density at radius 3 is 2.67 bits per heavy atom. The molecule has 11 heteroatoms. The number of sulfonamides is 1. The zero-order valence-corrected chi connectivity index (χ0v) is 20.7. The SMILES string of the molecule is CN(C)CCCNC(=O)C[C@@H]1CC[C@H]2[C@@H](COC[C@H](O)CN2S(=O)(=O)c2ccc(Cl)cc2)O1. The van der Waals surface area contributed by atoms with E-state index in [-0.39, 0.29) is 43.1 Å². The van der Waals surface area contributed by atoms with E-state index in [4.69, 9.17) is 21.1 Å². The fraction of sp³-hybridized carbons (Fsp3) is 0.682. The van der Waals surface area contributed by atoms with Crippen LogP contribution in [-0.4, -0.2) is 99.9 Å². The number of halogens is 1. The number of hydrogen-bond donors (Lipinski definition) is 2. The van der Waals surface area contributed by atoms with Crippen molar-refractivity contribution in [2.45, 2.75) is 54.9 Å². The zero-order valence-electron chi connectivity index (χ0n) is 19.2. The summed E-state index contributed by atoms with van der Waals surface area (Å²) in [5.41, 5.74) is 0. The predicted octanol–water partition coefficient (Wildman–Crippen LogP) is 1.10. The van der Waals surface area contributed by atoms with Gasteiger partial charge in [0.15, 0.2) is 0 Å². The normalized spacial score (nSPS) is 26.9. The molecular weight excluding hydrogens is 470 g/mol. The molecule has 1 aromatic rings. The third-order valence-corrected chi connectivity index (χ3v) is 8.03. The van der Waals surface area contributed by atoms with Crippen LogP contribution in [0.15, 0.2) is 29.2 Å². The summed E-state index contributed by atoms with van der Waals surface area (Å²) < 4.78 is 39.9. The summed E-state index contributed by atoms with van der Waals surface area (Å²) in [6, 6.07) is 5.48. The molecule has 0 unspecified atom stereocenters. The molecule has 186 valence electrons. The summed E-state index contributed by atoms with van der Waals surface area (Å²) in [6.45, 7) is 1.56. The Morgan fingerprint density at radius 2 is 1.97 bits per heavy atom. The molecule has 2 aliphatic heterocycles. The van der Waals surface area contributed by atoms with E-state index in [9.17, 15) is 18.3 Å². The highest BCUT2D eigenvalue weighted by atomic mass is 35.5. The third-order valence-electron chi connectivity index (χ3n) is 5.87. The summed E-state index contributed by atoms with van der Waals surface area (Å²) >= 11 is 5.92. The third kappa shape index (κ3) is 7.35. The van der Waals surface area contributed by atoms with Gasteiger partial charge in [-0.05, 0) is 64.2 Å². The van der Waals surface area contributed by atoms with Crippen LogP contribution in [-0.2, 0) is 24.3 Å². The number of amides is 1. The molecule has 4 atom stereocenters. The lowest BCUT2D eigenvalue weighted by molar-refractivity contribution is -0.146. The van der Waals surface area contributed by atoms with Crippen LogP contribution in [0, 0.1) is 0 Å². The molecule has 1 aromatic carbocycles. The van der Waals surface area contributed by atoms with Gasteiger partial charge in [0.25, 0.3) is 0 Å². The highest BCUT2D eigenvalue weighted by molar-refractivity contribution is 7.89. The average Bonchev–Trinajstić information content (AvgIpc) is 2.74. The van der Waals surface area contributed by atoms with Crippen LogP contribution in [0.3, 0.4) is 0 Å². The summed E-state index contributed by atoms with van der Waals surface area (Å²) in [5.74, 6) is -0.0787. The maximum Gasteiger partial charge on any atom is 0.243 e. The molecule has 2 aliphatic rings. The monoisotopic (exact) mass is 503 g/mol. The van der Waals surface area contributed by atoms with Crippen LogP contribution in [0.5, 0.6) is 0 Å². The van der Waals surface area contributed by atoms with Gasteiger partial charge >= 0.3 is 0 Å². The first-order valence-electron chi connectivity index (χ1n) is 11.3. The van der Waals surface area contributed by atoms with Gasteiger partial charge in [-0.3, -0.25) is 4.79 Å². The fourth-order valence-corrected chi connectivity index (χ4v) is 6.06. The fourth-order valence-electron chi connectivity index (χ4n) is 4.21. The van der Waals surface area contributed by atoms with Crippen molar-refractivity contribution in [2.75, 3.05) is 46.9 Å². The second-order valence-electron chi connectivity index (χ2n) is 8.87. The standard InChI is InChI=1S/C22H34ClN3O6S/c1-25(2)11-3-10-24-22(28)12-18-6-9-20-21(32-18)15-31-14-17(27)13-26(20)33(29,30)19-7-4-16(23)5-8-19/h4-5,7-8,17-18,20-21,27H,3,6,9-15H2,1-2H3,(H,24,28)/t17-,18+,20+,21-/m1/s1. The van der Waals surface area contributed by atoms with E-state index in [1.165, 1.54) is 28.6 Å². The van der Waals surface area contributed by atoms with Crippen LogP contribution in [0.25, 0.3) is 0 Å². The lowest BCUT2D eigenvalue weighted by Gasteiger charge is -2.43. The smallest absolute Gasteiger partial charge is 0.243 e. The molecule has 2 heterocycles. The second-order valence-corrected chi connectivity index (χ2v) is 11.2. The first-order valence-corrected chi connectivity index (χ1v) is 13.1. The van der Waals surface area contributed by atoms with E-state index in [2.05, 4.69) is 10.2 Å². The van der Waals surface area contributed by atoms with E-state index in [0.717, 1.165) is 13.0 Å². The number of carbonyl (C=O) groups is 1. The van der Waals surface area contributed by atoms with E-state index in [0.29, 0.717) is 24.4 Å². The van der Waals surface area contributed by atoms with Crippen molar-refractivity contribution in [3.8, 4) is 0 Å². The summed E-state index contributed by atoms with van der Waals surface area (Å²) in [5, 5.41) is 13.6. The molecule has 33 heavy (non-hydrogen) atoms. The summed E-state index contributed by atoms with van der Waals surface area (Å²) in [6.07, 6.45) is 0.341. The van der Waals surface area contributed by atoms with Gasteiger partial charge in [-0.2, -0.15) is 4.31 Å². The van der Waals surface area contributed by atoms with Gasteiger partial charge in [0, 0.05) is 18.1 Å². The molecule has 0 spiro atoms. The molecule has 9 nitrogen and oxygen atoms in total. The number of carbonyl (C=O) groups excluding carboxylic acids is 1. The number of hydrogen-bond acceptors (Lipinski definition) is 7. The molecule has 2 saturated heterocycles. The Kier molecular flexibility index (Phi) is 9.52. The van der Waals surface area contributed by atoms with Crippen LogP contribution >= 0.6 is 11.6 Å². The minimum atomic E-state index is -3.89. The first kappa shape index (κ1) is 26.3. The quantitative estimate of drug-likeness (QED) is 0.511. The van der Waals surface area contributed by atoms with Gasteiger partial charge in [-0.15, -0.1) is 0 Å². The highest BCUT2D eigenvalue weighted by Gasteiger charge is 2.43. The summed E-state index contributed by atoms with van der Waals surface area (Å²) in [7, 11) is 0.0851. The van der Waals surface area contributed by atoms with Gasteiger partial charge in [-0.25, -0.2) is 8.42 Å². The molecule has 2 fully saturated rings. The Balaban J connectivity index is 1.67. The van der Waals surface area contributed by atoms with Crippen LogP contribution in [0.2, 0.25) is 5.02 Å². The van der Waals surface area contributed by atoms with Gasteiger partial charge in [0.05, 0.1) is 48.9 Å². The van der Waals surface area contributed by atoms with Crippen molar-refractivity contribution in [2.24, 2.45) is 0 Å². The van der Waals surface area contributed by atoms with E-state index in [1.54, 1.807) is 0 Å². The largest absolute Gasteiger partial charge is 0.389 e. The minimum absolute atomic E-state index is 0.0102. The molecule has 3 rings (SSSR count). The van der Waals surface area contributed by atoms with E-state index >= 15 is 0 Å². The average molecular weight is 504 g/mol. The number of aliphatic hydroxyl groups excluding tert-OH is 1. The number of fused-ring (bicyclic) bond motifs is 1. The number of ether oxygens (including phenoxy) is 2. The number of rotatable bonds is 8. The van der Waals surface area contributed by atoms with Crippen molar-refractivity contribution < 1.29 is 27.8 Å². The molecular formula is C22H34ClN3O6S. The van der Waals surface area contributed by atoms with Crippen molar-refractivity contribution >= 4 is 27.5 Å². The van der Waals surface area contributed by atoms with E-state index in [1.807, 2.05) is 14.1 Å². The number of benzene rings is 1. The molecule has 0 radical (unpaired) electrons. The molecule has 1 amide bonds. The zero-order chi connectivity index (χ0) is 24.0. The second kappa shape index (κ2) is 11.9. The Morgan fingerprint density at radius 1 is 1.24 bits per heavy atom. The van der Waals surface area contributed by atoms with Gasteiger partial charge < -0.3 is 24.8 Å². The van der Waals surface area contributed by atoms with Gasteiger partial charge in [0.2, 0.25) is 15.9 Å². The van der Waals surface area contributed by atoms with Crippen molar-refractivity contribution in [1.82, 2.24) is 14.5 Å². The minimum Gasteiger partial charge on any atom is -0.389 e. The van der Waals surface area contributed by atoms with Gasteiger partial charge in [0.1, 0.15) is 0 Å². The molecule has 0 bridgehead atoms. The van der Waals surface area contributed by atoms with E-state index < -0.39 is 28.3 Å². The van der Waals surface area contributed by atoms with Crippen molar-refractivity contribution in [3.05, 3.63) is 29.3 Å². The first-order chi connectivity index (χ1) is 15.7. The Labute approximate surface area is 201 Å². The summed E-state index contributed by atoms with van der Waals surface area (Å²) in [4.78, 5) is 14.5. The predicted molar refractivity (Wildman–Crippen MR) is 125 cm³/mol.